The number of aromatic nitrogens is 1. The van der Waals surface area contributed by atoms with Crippen molar-refractivity contribution in [3.8, 4) is 0 Å². The molecule has 3 aromatic rings. The second kappa shape index (κ2) is 12.4. The molecule has 1 aliphatic carbocycles. The van der Waals surface area contributed by atoms with E-state index in [0.717, 1.165) is 54.1 Å². The Morgan fingerprint density at radius 3 is 2.44 bits per heavy atom. The lowest BCUT2D eigenvalue weighted by Crippen LogP contribution is -2.51. The number of carbonyl (C=O) groups excluding carboxylic acids is 3. The number of aromatic amines is 1. The Morgan fingerprint density at radius 2 is 1.69 bits per heavy atom. The molecule has 0 bridgehead atoms. The monoisotopic (exact) mass is 489 g/mol. The van der Waals surface area contributed by atoms with Crippen LogP contribution in [0.25, 0.3) is 10.9 Å². The number of para-hydroxylation sites is 1. The van der Waals surface area contributed by atoms with E-state index in [9.17, 15) is 14.4 Å². The van der Waals surface area contributed by atoms with Crippen molar-refractivity contribution in [1.82, 2.24) is 15.6 Å². The lowest BCUT2D eigenvalue weighted by molar-refractivity contribution is -0.145. The number of fused-ring (bicyclic) bond motifs is 1. The summed E-state index contributed by atoms with van der Waals surface area (Å²) in [6.45, 7) is 0.129. The van der Waals surface area contributed by atoms with Crippen LogP contribution < -0.4 is 10.6 Å². The third-order valence-corrected chi connectivity index (χ3v) is 7.09. The molecule has 2 amide bonds. The van der Waals surface area contributed by atoms with Crippen molar-refractivity contribution < 1.29 is 19.1 Å². The second-order valence-electron chi connectivity index (χ2n) is 9.61. The lowest BCUT2D eigenvalue weighted by Gasteiger charge is -2.25. The Hall–Kier alpha value is -3.61. The summed E-state index contributed by atoms with van der Waals surface area (Å²) >= 11 is 0. The Morgan fingerprint density at radius 1 is 0.972 bits per heavy atom. The maximum Gasteiger partial charge on any atom is 0.310 e. The first-order chi connectivity index (χ1) is 17.5. The maximum absolute atomic E-state index is 13.4. The minimum absolute atomic E-state index is 0.0575. The fraction of sp³-hybridized carbons (Fsp3) is 0.414. The summed E-state index contributed by atoms with van der Waals surface area (Å²) < 4.78 is 4.99. The normalized spacial score (nSPS) is 15.7. The van der Waals surface area contributed by atoms with E-state index >= 15 is 0 Å². The topological polar surface area (TPSA) is 100 Å². The van der Waals surface area contributed by atoms with Crippen LogP contribution in [0.3, 0.4) is 0 Å². The van der Waals surface area contributed by atoms with E-state index in [1.165, 1.54) is 7.11 Å². The average Bonchev–Trinajstić information content (AvgIpc) is 3.33. The van der Waals surface area contributed by atoms with Gasteiger partial charge in [0.1, 0.15) is 6.04 Å². The molecule has 190 valence electrons. The highest BCUT2D eigenvalue weighted by Gasteiger charge is 2.29. The molecule has 0 spiro atoms. The van der Waals surface area contributed by atoms with Crippen LogP contribution in [0.1, 0.15) is 43.2 Å². The molecular formula is C29H35N3O4. The summed E-state index contributed by atoms with van der Waals surface area (Å²) in [5, 5.41) is 6.97. The molecule has 2 aromatic carbocycles. The first kappa shape index (κ1) is 25.5. The Labute approximate surface area is 212 Å². The van der Waals surface area contributed by atoms with E-state index < -0.39 is 12.0 Å². The molecule has 36 heavy (non-hydrogen) atoms. The maximum atomic E-state index is 13.4. The van der Waals surface area contributed by atoms with E-state index in [4.69, 9.17) is 4.74 Å². The quantitative estimate of drug-likeness (QED) is 0.376. The van der Waals surface area contributed by atoms with Gasteiger partial charge in [-0.15, -0.1) is 0 Å². The number of nitrogens with one attached hydrogen (secondary N) is 3. The van der Waals surface area contributed by atoms with E-state index in [2.05, 4.69) is 15.6 Å². The first-order valence-corrected chi connectivity index (χ1v) is 12.8. The second-order valence-corrected chi connectivity index (χ2v) is 9.61. The van der Waals surface area contributed by atoms with Crippen LogP contribution in [0, 0.1) is 11.8 Å². The van der Waals surface area contributed by atoms with Gasteiger partial charge in [0.05, 0.1) is 13.0 Å². The highest BCUT2D eigenvalue weighted by Crippen LogP contribution is 2.24. The third kappa shape index (κ3) is 6.53. The average molecular weight is 490 g/mol. The number of amides is 2. The number of ether oxygens (including phenoxy) is 1. The fourth-order valence-electron chi connectivity index (χ4n) is 5.04. The largest absolute Gasteiger partial charge is 0.469 e. The molecule has 2 unspecified atom stereocenters. The molecule has 1 aliphatic rings. The van der Waals surface area contributed by atoms with Crippen molar-refractivity contribution in [2.24, 2.45) is 11.8 Å². The molecular weight excluding hydrogens is 454 g/mol. The van der Waals surface area contributed by atoms with Gasteiger partial charge in [0.15, 0.2) is 0 Å². The molecule has 4 rings (SSSR count). The number of carbonyl (C=O) groups is 3. The van der Waals surface area contributed by atoms with E-state index in [-0.39, 0.29) is 30.2 Å². The third-order valence-electron chi connectivity index (χ3n) is 7.09. The van der Waals surface area contributed by atoms with Crippen molar-refractivity contribution in [2.45, 2.75) is 51.0 Å². The first-order valence-electron chi connectivity index (χ1n) is 12.8. The molecule has 7 heteroatoms. The molecule has 7 nitrogen and oxygen atoms in total. The Bertz CT molecular complexity index is 1170. The number of hydrogen-bond acceptors (Lipinski definition) is 4. The highest BCUT2D eigenvalue weighted by atomic mass is 16.5. The molecule has 0 radical (unpaired) electrons. The van der Waals surface area contributed by atoms with Gasteiger partial charge >= 0.3 is 5.97 Å². The van der Waals surface area contributed by atoms with Crippen LogP contribution >= 0.6 is 0 Å². The van der Waals surface area contributed by atoms with Gasteiger partial charge in [-0.05, 0) is 36.5 Å². The molecule has 3 N–H and O–H groups in total. The van der Waals surface area contributed by atoms with Crippen molar-refractivity contribution >= 4 is 28.7 Å². The van der Waals surface area contributed by atoms with Gasteiger partial charge in [-0.3, -0.25) is 14.4 Å². The predicted molar refractivity (Wildman–Crippen MR) is 139 cm³/mol. The molecule has 2 atom stereocenters. The molecule has 1 fully saturated rings. The number of benzene rings is 2. The van der Waals surface area contributed by atoms with Gasteiger partial charge in [0.2, 0.25) is 11.8 Å². The highest BCUT2D eigenvalue weighted by molar-refractivity contribution is 5.90. The SMILES string of the molecule is COC(=O)C(CNC(=O)C(Cc1c[nH]c2ccccc12)NC(=O)C1CCCCC1)Cc1ccccc1. The lowest BCUT2D eigenvalue weighted by atomic mass is 9.88. The number of rotatable bonds is 10. The zero-order valence-corrected chi connectivity index (χ0v) is 20.8. The molecule has 0 aliphatic heterocycles. The Kier molecular flexibility index (Phi) is 8.76. The van der Waals surface area contributed by atoms with Gasteiger partial charge in [0, 0.05) is 36.0 Å². The van der Waals surface area contributed by atoms with Crippen molar-refractivity contribution in [3.63, 3.8) is 0 Å². The van der Waals surface area contributed by atoms with Crippen LogP contribution in [0.15, 0.2) is 60.8 Å². The van der Waals surface area contributed by atoms with Gasteiger partial charge in [-0.25, -0.2) is 0 Å². The van der Waals surface area contributed by atoms with Gasteiger partial charge in [0.25, 0.3) is 0 Å². The van der Waals surface area contributed by atoms with Crippen molar-refractivity contribution in [1.29, 1.82) is 0 Å². The van der Waals surface area contributed by atoms with Crippen LogP contribution in [0.4, 0.5) is 0 Å². The fourth-order valence-corrected chi connectivity index (χ4v) is 5.04. The standard InChI is InChI=1S/C29H35N3O4/c1-36-29(35)23(16-20-10-4-2-5-11-20)19-31-28(34)26(32-27(33)21-12-6-3-7-13-21)17-22-18-30-25-15-9-8-14-24(22)25/h2,4-5,8-11,14-15,18,21,23,26,30H,3,6-7,12-13,16-17,19H2,1H3,(H,31,34)(H,32,33). The summed E-state index contributed by atoms with van der Waals surface area (Å²) in [5.74, 6) is -1.32. The van der Waals surface area contributed by atoms with Crippen molar-refractivity contribution in [3.05, 3.63) is 71.9 Å². The van der Waals surface area contributed by atoms with Crippen LogP contribution in [-0.2, 0) is 32.0 Å². The zero-order chi connectivity index (χ0) is 25.3. The molecule has 1 heterocycles. The summed E-state index contributed by atoms with van der Waals surface area (Å²) in [6, 6.07) is 16.8. The minimum atomic E-state index is -0.742. The van der Waals surface area contributed by atoms with Gasteiger partial charge in [-0.2, -0.15) is 0 Å². The van der Waals surface area contributed by atoms with Gasteiger partial charge < -0.3 is 20.4 Å². The van der Waals surface area contributed by atoms with Gasteiger partial charge in [-0.1, -0.05) is 67.8 Å². The molecule has 0 saturated heterocycles. The van der Waals surface area contributed by atoms with Crippen molar-refractivity contribution in [2.75, 3.05) is 13.7 Å². The minimum Gasteiger partial charge on any atom is -0.469 e. The zero-order valence-electron chi connectivity index (χ0n) is 20.8. The van der Waals surface area contributed by atoms with E-state index in [0.29, 0.717) is 12.8 Å². The molecule has 1 saturated carbocycles. The smallest absolute Gasteiger partial charge is 0.310 e. The summed E-state index contributed by atoms with van der Waals surface area (Å²) in [7, 11) is 1.35. The summed E-state index contributed by atoms with van der Waals surface area (Å²) in [5.41, 5.74) is 2.94. The van der Waals surface area contributed by atoms with Crippen LogP contribution in [0.5, 0.6) is 0 Å². The number of esters is 1. The summed E-state index contributed by atoms with van der Waals surface area (Å²) in [4.78, 5) is 42.2. The van der Waals surface area contributed by atoms with E-state index in [1.54, 1.807) is 0 Å². The van der Waals surface area contributed by atoms with Crippen LogP contribution in [0.2, 0.25) is 0 Å². The summed E-state index contributed by atoms with van der Waals surface area (Å²) in [6.07, 6.45) is 7.65. The Balaban J connectivity index is 1.48. The number of hydrogen-bond donors (Lipinski definition) is 3. The van der Waals surface area contributed by atoms with Crippen LogP contribution in [-0.4, -0.2) is 42.5 Å². The number of H-pyrrole nitrogens is 1. The van der Waals surface area contributed by atoms with E-state index in [1.807, 2.05) is 60.8 Å². The predicted octanol–water partition coefficient (Wildman–Crippen LogP) is 3.92. The number of methoxy groups -OCH3 is 1. The molecule has 1 aromatic heterocycles.